The zero-order valence-corrected chi connectivity index (χ0v) is 24.4. The molecule has 42 heavy (non-hydrogen) atoms. The number of aliphatic hydroxyl groups is 1. The number of aliphatic hydroxyl groups excluding tert-OH is 1. The van der Waals surface area contributed by atoms with Gasteiger partial charge < -0.3 is 29.3 Å². The van der Waals surface area contributed by atoms with Crippen LogP contribution in [0, 0.1) is 5.92 Å². The summed E-state index contributed by atoms with van der Waals surface area (Å²) in [6.45, 7) is 0.847. The lowest BCUT2D eigenvalue weighted by molar-refractivity contribution is -0.0453. The fraction of sp³-hybridized carbons (Fsp3) is 0.324. The number of rotatable bonds is 6. The zero-order valence-electron chi connectivity index (χ0n) is 23.6. The Hall–Kier alpha value is -3.78. The highest BCUT2D eigenvalue weighted by Gasteiger charge is 2.64. The lowest BCUT2D eigenvalue weighted by Gasteiger charge is -2.56. The number of likely N-dealkylation sites (N-methyl/N-ethyl adjacent to an activating group) is 1. The van der Waals surface area contributed by atoms with Gasteiger partial charge in [0.05, 0.1) is 14.2 Å². The van der Waals surface area contributed by atoms with E-state index in [1.54, 1.807) is 32.4 Å². The smallest absolute Gasteiger partial charge is 0.186 e. The van der Waals surface area contributed by atoms with Gasteiger partial charge in [-0.05, 0) is 85.1 Å². The van der Waals surface area contributed by atoms with Crippen molar-refractivity contribution in [3.8, 4) is 23.0 Å². The predicted octanol–water partition coefficient (Wildman–Crippen LogP) is 5.18. The molecule has 0 radical (unpaired) electrons. The summed E-state index contributed by atoms with van der Waals surface area (Å²) in [6, 6.07) is 14.5. The van der Waals surface area contributed by atoms with Crippen molar-refractivity contribution in [2.45, 2.75) is 36.5 Å². The first-order valence-electron chi connectivity index (χ1n) is 14.1. The number of likely N-dealkylation sites (tertiary alicyclic amines) is 1. The molecule has 7 rings (SSSR count). The predicted molar refractivity (Wildman–Crippen MR) is 160 cm³/mol. The van der Waals surface area contributed by atoms with Crippen LogP contribution in [0.1, 0.15) is 39.0 Å². The number of piperidine rings is 1. The molecule has 1 saturated heterocycles. The second-order valence-electron chi connectivity index (χ2n) is 11.6. The minimum absolute atomic E-state index is 0.0724. The van der Waals surface area contributed by atoms with Crippen molar-refractivity contribution < 1.29 is 29.2 Å². The minimum atomic E-state index is -0.788. The van der Waals surface area contributed by atoms with Gasteiger partial charge in [0.25, 0.3) is 0 Å². The molecule has 1 spiro atoms. The maximum atomic E-state index is 14.3. The standard InChI is InChI=1S/C34H32ClNO6/c1-36-13-12-34-24-9-10-26(37)33(34)42-32-28(39)17-22(23(31(32)34)15-25(24)36)27(38)16-21(18-4-7-20(35)8-5-18)19-6-11-29(40-2)30(14-19)41-3/h4-11,14,16-17,24-26,33,37,39H,12-13,15H2,1-3H3/b21-16+/t24-,25+,26-,33-,34-/m0/s1. The maximum Gasteiger partial charge on any atom is 0.186 e. The number of hydrogen-bond donors (Lipinski definition) is 2. The number of carbonyl (C=O) groups is 1. The van der Waals surface area contributed by atoms with E-state index in [-0.39, 0.29) is 23.5 Å². The summed E-state index contributed by atoms with van der Waals surface area (Å²) < 4.78 is 17.3. The third-order valence-electron chi connectivity index (χ3n) is 9.67. The normalized spacial score (nSPS) is 27.3. The van der Waals surface area contributed by atoms with Gasteiger partial charge in [-0.1, -0.05) is 42.0 Å². The van der Waals surface area contributed by atoms with Crippen LogP contribution in [0.15, 0.2) is 66.8 Å². The fourth-order valence-electron chi connectivity index (χ4n) is 7.72. The summed E-state index contributed by atoms with van der Waals surface area (Å²) in [6.07, 6.45) is 5.68. The Labute approximate surface area is 249 Å². The summed E-state index contributed by atoms with van der Waals surface area (Å²) in [5.41, 5.74) is 3.99. The Bertz CT molecular complexity index is 1660. The Morgan fingerprint density at radius 2 is 1.81 bits per heavy atom. The van der Waals surface area contributed by atoms with Crippen molar-refractivity contribution in [2.24, 2.45) is 5.92 Å². The van der Waals surface area contributed by atoms with E-state index in [9.17, 15) is 15.0 Å². The first kappa shape index (κ1) is 27.1. The van der Waals surface area contributed by atoms with Crippen LogP contribution >= 0.6 is 11.6 Å². The highest BCUT2D eigenvalue weighted by Crippen LogP contribution is 2.63. The molecule has 2 bridgehead atoms. The maximum absolute atomic E-state index is 14.3. The second-order valence-corrected chi connectivity index (χ2v) is 12.0. The monoisotopic (exact) mass is 585 g/mol. The van der Waals surface area contributed by atoms with Gasteiger partial charge in [0.2, 0.25) is 0 Å². The number of hydrogen-bond acceptors (Lipinski definition) is 7. The molecule has 4 aliphatic rings. The average molecular weight is 586 g/mol. The van der Waals surface area contributed by atoms with Gasteiger partial charge in [-0.2, -0.15) is 0 Å². The minimum Gasteiger partial charge on any atom is -0.504 e. The van der Waals surface area contributed by atoms with Gasteiger partial charge in [0.15, 0.2) is 28.8 Å². The van der Waals surface area contributed by atoms with Crippen LogP contribution < -0.4 is 14.2 Å². The van der Waals surface area contributed by atoms with E-state index in [0.29, 0.717) is 39.8 Å². The van der Waals surface area contributed by atoms with Crippen molar-refractivity contribution in [3.63, 3.8) is 0 Å². The van der Waals surface area contributed by atoms with Gasteiger partial charge in [-0.25, -0.2) is 0 Å². The number of methoxy groups -OCH3 is 2. The number of nitrogens with zero attached hydrogens (tertiary/aromatic N) is 1. The molecule has 0 unspecified atom stereocenters. The van der Waals surface area contributed by atoms with Crippen LogP contribution in [-0.2, 0) is 11.8 Å². The van der Waals surface area contributed by atoms with E-state index in [2.05, 4.69) is 18.0 Å². The van der Waals surface area contributed by atoms with Crippen LogP contribution in [0.2, 0.25) is 5.02 Å². The molecule has 3 aromatic rings. The Morgan fingerprint density at radius 3 is 2.55 bits per heavy atom. The SMILES string of the molecule is COc1ccc(/C(=C/C(=O)c2cc(O)c3c4c2C[C@@H]2[C@@H]5C=C[C@H](O)[C@H](O3)[C@]45CCN2C)c2ccc(Cl)cc2)cc1OC. The van der Waals surface area contributed by atoms with Gasteiger partial charge in [0, 0.05) is 33.5 Å². The number of allylic oxidation sites excluding steroid dienone is 1. The molecule has 3 aromatic carbocycles. The molecule has 0 amide bonds. The van der Waals surface area contributed by atoms with Crippen LogP contribution in [0.3, 0.4) is 0 Å². The number of phenols is 1. The summed E-state index contributed by atoms with van der Waals surface area (Å²) in [7, 11) is 5.27. The molecular formula is C34H32ClNO6. The topological polar surface area (TPSA) is 88.5 Å². The molecule has 2 aliphatic carbocycles. The van der Waals surface area contributed by atoms with Gasteiger partial charge in [0.1, 0.15) is 12.2 Å². The third-order valence-corrected chi connectivity index (χ3v) is 9.92. The van der Waals surface area contributed by atoms with Crippen molar-refractivity contribution in [1.82, 2.24) is 4.90 Å². The van der Waals surface area contributed by atoms with Crippen molar-refractivity contribution in [3.05, 3.63) is 99.6 Å². The molecule has 7 nitrogen and oxygen atoms in total. The number of carbonyl (C=O) groups excluding carboxylic acids is 1. The molecule has 5 atom stereocenters. The summed E-state index contributed by atoms with van der Waals surface area (Å²) in [5.74, 6) is 1.35. The lowest BCUT2D eigenvalue weighted by Crippen LogP contribution is -2.64. The number of halogens is 1. The molecule has 8 heteroatoms. The lowest BCUT2D eigenvalue weighted by atomic mass is 9.53. The van der Waals surface area contributed by atoms with E-state index < -0.39 is 17.6 Å². The molecule has 0 saturated carbocycles. The van der Waals surface area contributed by atoms with Crippen LogP contribution in [-0.4, -0.2) is 67.0 Å². The molecule has 0 aromatic heterocycles. The fourth-order valence-corrected chi connectivity index (χ4v) is 7.84. The zero-order chi connectivity index (χ0) is 29.3. The quantitative estimate of drug-likeness (QED) is 0.234. The number of benzene rings is 3. The first-order valence-corrected chi connectivity index (χ1v) is 14.5. The summed E-state index contributed by atoms with van der Waals surface area (Å²) in [5, 5.41) is 22.8. The van der Waals surface area contributed by atoms with Gasteiger partial charge in [-0.15, -0.1) is 0 Å². The van der Waals surface area contributed by atoms with Gasteiger partial charge >= 0.3 is 0 Å². The number of ether oxygens (including phenoxy) is 3. The molecule has 2 heterocycles. The number of ketones is 1. The van der Waals surface area contributed by atoms with E-state index in [1.165, 1.54) is 6.07 Å². The molecule has 2 aliphatic heterocycles. The third kappa shape index (κ3) is 3.84. The van der Waals surface area contributed by atoms with Crippen LogP contribution in [0.25, 0.3) is 5.57 Å². The number of aromatic hydroxyl groups is 1. The van der Waals surface area contributed by atoms with Crippen LogP contribution in [0.5, 0.6) is 23.0 Å². The van der Waals surface area contributed by atoms with Gasteiger partial charge in [-0.3, -0.25) is 4.79 Å². The van der Waals surface area contributed by atoms with E-state index >= 15 is 0 Å². The Kier molecular flexibility index (Phi) is 6.38. The largest absolute Gasteiger partial charge is 0.504 e. The Morgan fingerprint density at radius 1 is 1.07 bits per heavy atom. The molecule has 1 fully saturated rings. The van der Waals surface area contributed by atoms with E-state index in [4.69, 9.17) is 25.8 Å². The highest BCUT2D eigenvalue weighted by molar-refractivity contribution is 6.30. The summed E-state index contributed by atoms with van der Waals surface area (Å²) in [4.78, 5) is 16.7. The average Bonchev–Trinajstić information content (AvgIpc) is 3.36. The molecule has 2 N–H and O–H groups in total. The molecular weight excluding hydrogens is 554 g/mol. The second kappa shape index (κ2) is 9.90. The first-order chi connectivity index (χ1) is 20.3. The molecule has 216 valence electrons. The van der Waals surface area contributed by atoms with Crippen LogP contribution in [0.4, 0.5) is 0 Å². The highest BCUT2D eigenvalue weighted by atomic mass is 35.5. The van der Waals surface area contributed by atoms with Crippen molar-refractivity contribution >= 4 is 23.0 Å². The number of phenolic OH excluding ortho intramolecular Hbond substituents is 1. The van der Waals surface area contributed by atoms with Crippen molar-refractivity contribution in [1.29, 1.82) is 0 Å². The Balaban J connectivity index is 1.41. The van der Waals surface area contributed by atoms with E-state index in [0.717, 1.165) is 35.2 Å². The summed E-state index contributed by atoms with van der Waals surface area (Å²) >= 11 is 6.20. The van der Waals surface area contributed by atoms with E-state index in [1.807, 2.05) is 36.4 Å². The van der Waals surface area contributed by atoms with Crippen molar-refractivity contribution in [2.75, 3.05) is 27.8 Å².